The Morgan fingerprint density at radius 3 is 2.56 bits per heavy atom. The van der Waals surface area contributed by atoms with Gasteiger partial charge in [-0.05, 0) is 30.7 Å². The molecule has 1 aromatic carbocycles. The van der Waals surface area contributed by atoms with Gasteiger partial charge in [-0.15, -0.1) is 0 Å². The summed E-state index contributed by atoms with van der Waals surface area (Å²) in [6, 6.07) is 7.29. The van der Waals surface area contributed by atoms with Crippen LogP contribution in [-0.2, 0) is 6.42 Å². The highest BCUT2D eigenvalue weighted by molar-refractivity contribution is 6.36. The molecule has 0 aliphatic heterocycles. The van der Waals surface area contributed by atoms with E-state index in [9.17, 15) is 0 Å². The molecule has 1 aromatic heterocycles. The Morgan fingerprint density at radius 1 is 1.17 bits per heavy atom. The van der Waals surface area contributed by atoms with Crippen LogP contribution in [0.25, 0.3) is 0 Å². The van der Waals surface area contributed by atoms with Crippen molar-refractivity contribution in [3.05, 3.63) is 51.9 Å². The van der Waals surface area contributed by atoms with Crippen molar-refractivity contribution >= 4 is 29.0 Å². The number of aromatic nitrogens is 2. The number of nitrogens with one attached hydrogen (secondary N) is 1. The maximum Gasteiger partial charge on any atom is 0.135 e. The summed E-state index contributed by atoms with van der Waals surface area (Å²) in [6.07, 6.45) is 2.25. The molecule has 0 amide bonds. The fourth-order valence-corrected chi connectivity index (χ4v) is 2.15. The molecule has 3 nitrogen and oxygen atoms in total. The number of anilines is 1. The summed E-state index contributed by atoms with van der Waals surface area (Å²) in [5.74, 6) is 1.51. The van der Waals surface area contributed by atoms with Crippen LogP contribution in [0.1, 0.15) is 18.3 Å². The predicted molar refractivity (Wildman–Crippen MR) is 75.5 cm³/mol. The third kappa shape index (κ3) is 3.12. The van der Waals surface area contributed by atoms with Crippen molar-refractivity contribution in [2.45, 2.75) is 13.3 Å². The third-order valence-electron chi connectivity index (χ3n) is 2.46. The van der Waals surface area contributed by atoms with E-state index in [1.54, 1.807) is 6.20 Å². The zero-order chi connectivity index (χ0) is 13.0. The van der Waals surface area contributed by atoms with Gasteiger partial charge in [0.25, 0.3) is 0 Å². The average Bonchev–Trinajstić information content (AvgIpc) is 2.35. The molecule has 0 bridgehead atoms. The molecular formula is C13H13Cl2N3. The quantitative estimate of drug-likeness (QED) is 0.926. The van der Waals surface area contributed by atoms with Gasteiger partial charge in [0, 0.05) is 29.2 Å². The minimum atomic E-state index is 0.526. The first-order chi connectivity index (χ1) is 8.70. The van der Waals surface area contributed by atoms with Crippen molar-refractivity contribution in [2.75, 3.05) is 11.9 Å². The lowest BCUT2D eigenvalue weighted by Crippen LogP contribution is -2.03. The van der Waals surface area contributed by atoms with Gasteiger partial charge in [-0.2, -0.15) is 0 Å². The maximum absolute atomic E-state index is 6.12. The SMILES string of the molecule is CCNc1ccnc(Cc2c(Cl)cccc2Cl)n1. The van der Waals surface area contributed by atoms with Crippen LogP contribution in [0.2, 0.25) is 10.0 Å². The predicted octanol–water partition coefficient (Wildman–Crippen LogP) is 3.81. The summed E-state index contributed by atoms with van der Waals surface area (Å²) in [6.45, 7) is 2.84. The standard InChI is InChI=1S/C13H13Cl2N3/c1-2-16-12-6-7-17-13(18-12)8-9-10(14)4-3-5-11(9)15/h3-7H,2,8H2,1H3,(H,16,17,18). The summed E-state index contributed by atoms with van der Waals surface area (Å²) in [5.41, 5.74) is 0.856. The Bertz CT molecular complexity index is 523. The average molecular weight is 282 g/mol. The molecule has 18 heavy (non-hydrogen) atoms. The van der Waals surface area contributed by atoms with Crippen LogP contribution in [0, 0.1) is 0 Å². The summed E-state index contributed by atoms with van der Waals surface area (Å²) in [4.78, 5) is 8.63. The molecule has 1 heterocycles. The lowest BCUT2D eigenvalue weighted by molar-refractivity contribution is 0.962. The molecule has 0 unspecified atom stereocenters. The molecule has 94 valence electrons. The Labute approximate surface area is 116 Å². The first kappa shape index (κ1) is 13.1. The third-order valence-corrected chi connectivity index (χ3v) is 3.17. The number of nitrogens with zero attached hydrogens (tertiary/aromatic N) is 2. The van der Waals surface area contributed by atoms with Gasteiger partial charge in [0.2, 0.25) is 0 Å². The molecule has 0 saturated heterocycles. The van der Waals surface area contributed by atoms with E-state index < -0.39 is 0 Å². The molecule has 0 aliphatic rings. The van der Waals surface area contributed by atoms with Crippen molar-refractivity contribution in [1.82, 2.24) is 9.97 Å². The number of halogens is 2. The van der Waals surface area contributed by atoms with Crippen LogP contribution >= 0.6 is 23.2 Å². The van der Waals surface area contributed by atoms with Gasteiger partial charge in [0.15, 0.2) is 0 Å². The second-order valence-electron chi connectivity index (χ2n) is 3.77. The molecular weight excluding hydrogens is 269 g/mol. The van der Waals surface area contributed by atoms with Gasteiger partial charge in [-0.3, -0.25) is 0 Å². The van der Waals surface area contributed by atoms with E-state index in [1.807, 2.05) is 31.2 Å². The molecule has 2 aromatic rings. The largest absolute Gasteiger partial charge is 0.370 e. The van der Waals surface area contributed by atoms with E-state index >= 15 is 0 Å². The molecule has 0 saturated carbocycles. The van der Waals surface area contributed by atoms with Crippen molar-refractivity contribution < 1.29 is 0 Å². The molecule has 0 fully saturated rings. The Kier molecular flexibility index (Phi) is 4.39. The Balaban J connectivity index is 2.26. The normalized spacial score (nSPS) is 10.4. The fraction of sp³-hybridized carbons (Fsp3) is 0.231. The van der Waals surface area contributed by atoms with Crippen LogP contribution in [0.4, 0.5) is 5.82 Å². The summed E-state index contributed by atoms with van der Waals surface area (Å²) in [7, 11) is 0. The molecule has 0 radical (unpaired) electrons. The second-order valence-corrected chi connectivity index (χ2v) is 4.58. The zero-order valence-electron chi connectivity index (χ0n) is 9.95. The van der Waals surface area contributed by atoms with Crippen LogP contribution in [0.5, 0.6) is 0 Å². The maximum atomic E-state index is 6.12. The smallest absolute Gasteiger partial charge is 0.135 e. The summed E-state index contributed by atoms with van der Waals surface area (Å²) >= 11 is 12.2. The lowest BCUT2D eigenvalue weighted by atomic mass is 10.1. The first-order valence-corrected chi connectivity index (χ1v) is 6.45. The van der Waals surface area contributed by atoms with Crippen LogP contribution in [0.15, 0.2) is 30.5 Å². The minimum Gasteiger partial charge on any atom is -0.370 e. The molecule has 0 atom stereocenters. The molecule has 1 N–H and O–H groups in total. The van der Waals surface area contributed by atoms with E-state index in [1.165, 1.54) is 0 Å². The van der Waals surface area contributed by atoms with Crippen LogP contribution in [-0.4, -0.2) is 16.5 Å². The van der Waals surface area contributed by atoms with Gasteiger partial charge in [0.05, 0.1) is 0 Å². The van der Waals surface area contributed by atoms with Crippen LogP contribution in [0.3, 0.4) is 0 Å². The summed E-state index contributed by atoms with van der Waals surface area (Å²) < 4.78 is 0. The fourth-order valence-electron chi connectivity index (χ4n) is 1.62. The lowest BCUT2D eigenvalue weighted by Gasteiger charge is -2.07. The second kappa shape index (κ2) is 6.03. The van der Waals surface area contributed by atoms with E-state index in [2.05, 4.69) is 15.3 Å². The number of benzene rings is 1. The highest BCUT2D eigenvalue weighted by Gasteiger charge is 2.08. The number of rotatable bonds is 4. The Morgan fingerprint density at radius 2 is 1.89 bits per heavy atom. The topological polar surface area (TPSA) is 37.8 Å². The van der Waals surface area contributed by atoms with Crippen molar-refractivity contribution in [1.29, 1.82) is 0 Å². The van der Waals surface area contributed by atoms with Crippen molar-refractivity contribution in [2.24, 2.45) is 0 Å². The zero-order valence-corrected chi connectivity index (χ0v) is 11.5. The minimum absolute atomic E-state index is 0.526. The molecule has 0 aliphatic carbocycles. The first-order valence-electron chi connectivity index (χ1n) is 5.69. The van der Waals surface area contributed by atoms with E-state index in [0.717, 1.165) is 17.9 Å². The molecule has 5 heteroatoms. The molecule has 2 rings (SSSR count). The van der Waals surface area contributed by atoms with Gasteiger partial charge < -0.3 is 5.32 Å². The Hall–Kier alpha value is -1.32. The monoisotopic (exact) mass is 281 g/mol. The highest BCUT2D eigenvalue weighted by Crippen LogP contribution is 2.26. The molecule has 0 spiro atoms. The highest BCUT2D eigenvalue weighted by atomic mass is 35.5. The van der Waals surface area contributed by atoms with Crippen molar-refractivity contribution in [3.8, 4) is 0 Å². The van der Waals surface area contributed by atoms with Gasteiger partial charge in [-0.25, -0.2) is 9.97 Å². The van der Waals surface area contributed by atoms with Gasteiger partial charge >= 0.3 is 0 Å². The van der Waals surface area contributed by atoms with Crippen LogP contribution < -0.4 is 5.32 Å². The van der Waals surface area contributed by atoms with E-state index in [0.29, 0.717) is 22.3 Å². The van der Waals surface area contributed by atoms with Crippen molar-refractivity contribution in [3.63, 3.8) is 0 Å². The van der Waals surface area contributed by atoms with E-state index in [4.69, 9.17) is 23.2 Å². The summed E-state index contributed by atoms with van der Waals surface area (Å²) in [5, 5.41) is 4.42. The number of hydrogen-bond donors (Lipinski definition) is 1. The number of hydrogen-bond acceptors (Lipinski definition) is 3. The van der Waals surface area contributed by atoms with Gasteiger partial charge in [-0.1, -0.05) is 29.3 Å². The van der Waals surface area contributed by atoms with Gasteiger partial charge in [0.1, 0.15) is 11.6 Å². The van der Waals surface area contributed by atoms with E-state index in [-0.39, 0.29) is 0 Å².